The quantitative estimate of drug-likeness (QED) is 0.786. The van der Waals surface area contributed by atoms with Crippen LogP contribution in [0.3, 0.4) is 0 Å². The molecule has 0 radical (unpaired) electrons. The number of rotatable bonds is 4. The Morgan fingerprint density at radius 2 is 1.62 bits per heavy atom. The Hall–Kier alpha value is -3.16. The lowest BCUT2D eigenvalue weighted by Gasteiger charge is -2.38. The minimum atomic E-state index is -1.16. The van der Waals surface area contributed by atoms with Crippen LogP contribution in [0.15, 0.2) is 47.3 Å². The van der Waals surface area contributed by atoms with E-state index in [1.807, 2.05) is 30.3 Å². The van der Waals surface area contributed by atoms with Gasteiger partial charge in [0.2, 0.25) is 5.91 Å². The Labute approximate surface area is 169 Å². The Morgan fingerprint density at radius 1 is 1.00 bits per heavy atom. The van der Waals surface area contributed by atoms with E-state index in [2.05, 4.69) is 5.10 Å². The average Bonchev–Trinajstić information content (AvgIpc) is 2.74. The number of nitrogens with zero attached hydrogens (tertiary/aromatic N) is 4. The van der Waals surface area contributed by atoms with Gasteiger partial charge in [-0.15, -0.1) is 0 Å². The summed E-state index contributed by atoms with van der Waals surface area (Å²) >= 11 is 0. The predicted molar refractivity (Wildman–Crippen MR) is 108 cm³/mol. The summed E-state index contributed by atoms with van der Waals surface area (Å²) in [5.41, 5.74) is -0.00696. The van der Waals surface area contributed by atoms with E-state index in [0.29, 0.717) is 38.5 Å². The van der Waals surface area contributed by atoms with Crippen molar-refractivity contribution in [2.75, 3.05) is 32.8 Å². The van der Waals surface area contributed by atoms with Gasteiger partial charge in [0.1, 0.15) is 5.54 Å². The van der Waals surface area contributed by atoms with Crippen LogP contribution in [-0.4, -0.2) is 64.4 Å². The molecule has 0 spiro atoms. The second-order valence-corrected chi connectivity index (χ2v) is 7.37. The van der Waals surface area contributed by atoms with Crippen LogP contribution in [0.25, 0.3) is 11.3 Å². The summed E-state index contributed by atoms with van der Waals surface area (Å²) in [5, 5.41) is 4.47. The topological polar surface area (TPSA) is 84.7 Å². The van der Waals surface area contributed by atoms with Gasteiger partial charge in [-0.3, -0.25) is 9.59 Å². The fraction of sp³-hybridized carbons (Fsp3) is 0.429. The number of carbonyl (C=O) groups is 2. The molecule has 0 N–H and O–H groups in total. The zero-order valence-corrected chi connectivity index (χ0v) is 17.0. The molecular formula is C21H26N4O4. The van der Waals surface area contributed by atoms with Crippen molar-refractivity contribution in [1.29, 1.82) is 0 Å². The van der Waals surface area contributed by atoms with Gasteiger partial charge in [-0.1, -0.05) is 30.3 Å². The summed E-state index contributed by atoms with van der Waals surface area (Å²) in [6.45, 7) is 7.01. The molecule has 3 rings (SSSR count). The van der Waals surface area contributed by atoms with E-state index in [1.54, 1.807) is 36.6 Å². The molecule has 0 saturated carbocycles. The average molecular weight is 398 g/mol. The van der Waals surface area contributed by atoms with Gasteiger partial charge in [0.25, 0.3) is 5.56 Å². The first-order valence-corrected chi connectivity index (χ1v) is 9.72. The molecular weight excluding hydrogens is 372 g/mol. The molecule has 154 valence electrons. The molecule has 0 aliphatic carbocycles. The summed E-state index contributed by atoms with van der Waals surface area (Å²) in [6, 6.07) is 12.6. The highest BCUT2D eigenvalue weighted by atomic mass is 16.6. The van der Waals surface area contributed by atoms with Crippen LogP contribution in [0.5, 0.6) is 0 Å². The molecule has 2 heterocycles. The zero-order chi connectivity index (χ0) is 21.0. The van der Waals surface area contributed by atoms with Gasteiger partial charge in [-0.2, -0.15) is 5.10 Å². The van der Waals surface area contributed by atoms with E-state index in [1.165, 1.54) is 10.7 Å². The van der Waals surface area contributed by atoms with Crippen molar-refractivity contribution in [2.24, 2.45) is 0 Å². The summed E-state index contributed by atoms with van der Waals surface area (Å²) in [6.07, 6.45) is -0.368. The van der Waals surface area contributed by atoms with Gasteiger partial charge in [-0.25, -0.2) is 9.48 Å². The van der Waals surface area contributed by atoms with Crippen molar-refractivity contribution in [3.05, 3.63) is 52.8 Å². The first-order valence-electron chi connectivity index (χ1n) is 9.72. The molecule has 2 amide bonds. The smallest absolute Gasteiger partial charge is 0.409 e. The van der Waals surface area contributed by atoms with Crippen molar-refractivity contribution in [2.45, 2.75) is 26.3 Å². The number of benzene rings is 1. The maximum Gasteiger partial charge on any atom is 0.409 e. The Bertz CT molecular complexity index is 931. The van der Waals surface area contributed by atoms with E-state index in [9.17, 15) is 14.4 Å². The highest BCUT2D eigenvalue weighted by Gasteiger charge is 2.37. The summed E-state index contributed by atoms with van der Waals surface area (Å²) < 4.78 is 6.26. The van der Waals surface area contributed by atoms with Crippen molar-refractivity contribution in [1.82, 2.24) is 19.6 Å². The van der Waals surface area contributed by atoms with Gasteiger partial charge in [-0.05, 0) is 26.8 Å². The minimum Gasteiger partial charge on any atom is -0.450 e. The number of piperazine rings is 1. The summed E-state index contributed by atoms with van der Waals surface area (Å²) in [4.78, 5) is 40.8. The third-order valence-electron chi connectivity index (χ3n) is 5.02. The van der Waals surface area contributed by atoms with E-state index in [0.717, 1.165) is 5.56 Å². The molecule has 8 heteroatoms. The second-order valence-electron chi connectivity index (χ2n) is 7.37. The molecule has 1 aromatic heterocycles. The van der Waals surface area contributed by atoms with Crippen molar-refractivity contribution in [3.63, 3.8) is 0 Å². The maximum absolute atomic E-state index is 13.2. The molecule has 1 aromatic carbocycles. The first kappa shape index (κ1) is 20.6. The highest BCUT2D eigenvalue weighted by Crippen LogP contribution is 2.20. The number of ether oxygens (including phenoxy) is 1. The minimum absolute atomic E-state index is 0.208. The number of carbonyl (C=O) groups excluding carboxylic acids is 2. The molecule has 1 fully saturated rings. The summed E-state index contributed by atoms with van der Waals surface area (Å²) in [7, 11) is 0. The van der Waals surface area contributed by atoms with Crippen molar-refractivity contribution < 1.29 is 14.3 Å². The van der Waals surface area contributed by atoms with Gasteiger partial charge < -0.3 is 14.5 Å². The molecule has 0 bridgehead atoms. The van der Waals surface area contributed by atoms with Crippen LogP contribution in [-0.2, 0) is 15.1 Å². The molecule has 1 saturated heterocycles. The molecule has 2 aromatic rings. The van der Waals surface area contributed by atoms with Crippen LogP contribution in [0.4, 0.5) is 4.79 Å². The molecule has 29 heavy (non-hydrogen) atoms. The number of amides is 2. The standard InChI is InChI=1S/C21H26N4O4/c1-4-29-20(28)24-14-12-23(13-15-24)19(27)21(2,3)25-18(26)11-10-17(22-25)16-8-6-5-7-9-16/h5-11H,4,12-15H2,1-3H3. The normalized spacial score (nSPS) is 14.6. The van der Waals surface area contributed by atoms with E-state index in [4.69, 9.17) is 4.74 Å². The Morgan fingerprint density at radius 3 is 2.24 bits per heavy atom. The highest BCUT2D eigenvalue weighted by molar-refractivity contribution is 5.84. The van der Waals surface area contributed by atoms with Gasteiger partial charge in [0.15, 0.2) is 0 Å². The van der Waals surface area contributed by atoms with Gasteiger partial charge in [0.05, 0.1) is 12.3 Å². The first-order chi connectivity index (χ1) is 13.8. The van der Waals surface area contributed by atoms with E-state index in [-0.39, 0.29) is 17.6 Å². The third-order valence-corrected chi connectivity index (χ3v) is 5.02. The Balaban J connectivity index is 1.79. The van der Waals surface area contributed by atoms with Crippen LogP contribution in [0, 0.1) is 0 Å². The predicted octanol–water partition coefficient (Wildman–Crippen LogP) is 1.95. The molecule has 8 nitrogen and oxygen atoms in total. The molecule has 0 atom stereocenters. The van der Waals surface area contributed by atoms with Crippen LogP contribution in [0.1, 0.15) is 20.8 Å². The largest absolute Gasteiger partial charge is 0.450 e. The fourth-order valence-corrected chi connectivity index (χ4v) is 3.36. The number of hydrogen-bond acceptors (Lipinski definition) is 5. The monoisotopic (exact) mass is 398 g/mol. The summed E-state index contributed by atoms with van der Waals surface area (Å²) in [5.74, 6) is -0.208. The lowest BCUT2D eigenvalue weighted by Crippen LogP contribution is -2.57. The molecule has 1 aliphatic rings. The van der Waals surface area contributed by atoms with E-state index < -0.39 is 5.54 Å². The SMILES string of the molecule is CCOC(=O)N1CCN(C(=O)C(C)(C)n2nc(-c3ccccc3)ccc2=O)CC1. The third kappa shape index (κ3) is 4.31. The maximum atomic E-state index is 13.2. The van der Waals surface area contributed by atoms with Gasteiger partial charge in [0, 0.05) is 37.8 Å². The fourth-order valence-electron chi connectivity index (χ4n) is 3.36. The molecule has 1 aliphatic heterocycles. The number of hydrogen-bond donors (Lipinski definition) is 0. The van der Waals surface area contributed by atoms with Crippen molar-refractivity contribution >= 4 is 12.0 Å². The second kappa shape index (κ2) is 8.46. The van der Waals surface area contributed by atoms with Crippen molar-refractivity contribution in [3.8, 4) is 11.3 Å². The number of aromatic nitrogens is 2. The van der Waals surface area contributed by atoms with E-state index >= 15 is 0 Å². The lowest BCUT2D eigenvalue weighted by atomic mass is 10.0. The van der Waals surface area contributed by atoms with Gasteiger partial charge >= 0.3 is 6.09 Å². The van der Waals surface area contributed by atoms with Crippen LogP contribution < -0.4 is 5.56 Å². The lowest BCUT2D eigenvalue weighted by molar-refractivity contribution is -0.141. The molecule has 0 unspecified atom stereocenters. The van der Waals surface area contributed by atoms with Crippen LogP contribution >= 0.6 is 0 Å². The Kier molecular flexibility index (Phi) is 6.00. The zero-order valence-electron chi connectivity index (χ0n) is 17.0. The van der Waals surface area contributed by atoms with Crippen LogP contribution in [0.2, 0.25) is 0 Å².